The Bertz CT molecular complexity index is 350. The van der Waals surface area contributed by atoms with Crippen LogP contribution >= 0.6 is 15.9 Å². The third kappa shape index (κ3) is 3.78. The van der Waals surface area contributed by atoms with E-state index in [-0.39, 0.29) is 0 Å². The second-order valence-corrected chi connectivity index (χ2v) is 5.88. The van der Waals surface area contributed by atoms with Crippen LogP contribution in [0.1, 0.15) is 38.2 Å². The molecule has 0 aromatic carbocycles. The van der Waals surface area contributed by atoms with E-state index in [4.69, 9.17) is 0 Å². The van der Waals surface area contributed by atoms with E-state index >= 15 is 0 Å². The standard InChI is InChI=1S/C14H21BrN2/c1-2-6-17-14(12-4-3-5-12)8-11-7-13(15)10-16-9-11/h7,9-10,12,14,17H,2-6,8H2,1H3. The molecule has 1 heterocycles. The zero-order valence-electron chi connectivity index (χ0n) is 10.5. The van der Waals surface area contributed by atoms with Crippen molar-refractivity contribution in [2.75, 3.05) is 6.54 Å². The Hall–Kier alpha value is -0.410. The van der Waals surface area contributed by atoms with Crippen molar-refractivity contribution in [3.05, 3.63) is 28.5 Å². The quantitative estimate of drug-likeness (QED) is 0.868. The second kappa shape index (κ2) is 6.50. The van der Waals surface area contributed by atoms with Gasteiger partial charge in [0.1, 0.15) is 0 Å². The van der Waals surface area contributed by atoms with Gasteiger partial charge in [-0.15, -0.1) is 0 Å². The fourth-order valence-electron chi connectivity index (χ4n) is 2.40. The molecule has 1 aromatic rings. The first-order valence-electron chi connectivity index (χ1n) is 6.62. The molecule has 0 amide bonds. The summed E-state index contributed by atoms with van der Waals surface area (Å²) in [5, 5.41) is 3.70. The Morgan fingerprint density at radius 2 is 2.29 bits per heavy atom. The first-order valence-corrected chi connectivity index (χ1v) is 7.41. The van der Waals surface area contributed by atoms with Crippen LogP contribution in [-0.4, -0.2) is 17.6 Å². The molecule has 2 rings (SSSR count). The molecule has 1 unspecified atom stereocenters. The third-order valence-corrected chi connectivity index (χ3v) is 4.03. The lowest BCUT2D eigenvalue weighted by Gasteiger charge is -2.34. The minimum absolute atomic E-state index is 0.639. The molecule has 1 atom stereocenters. The average molecular weight is 297 g/mol. The van der Waals surface area contributed by atoms with E-state index in [0.717, 1.165) is 23.4 Å². The van der Waals surface area contributed by atoms with E-state index in [9.17, 15) is 0 Å². The van der Waals surface area contributed by atoms with Gasteiger partial charge >= 0.3 is 0 Å². The Kier molecular flexibility index (Phi) is 4.99. The molecule has 1 saturated carbocycles. The van der Waals surface area contributed by atoms with Crippen molar-refractivity contribution in [3.8, 4) is 0 Å². The molecule has 1 aliphatic carbocycles. The van der Waals surface area contributed by atoms with Crippen molar-refractivity contribution in [3.63, 3.8) is 0 Å². The molecule has 1 aliphatic rings. The number of hydrogen-bond acceptors (Lipinski definition) is 2. The van der Waals surface area contributed by atoms with Crippen LogP contribution in [-0.2, 0) is 6.42 Å². The molecule has 1 fully saturated rings. The maximum atomic E-state index is 4.25. The Labute approximate surface area is 112 Å². The molecule has 1 N–H and O–H groups in total. The lowest BCUT2D eigenvalue weighted by Crippen LogP contribution is -2.41. The van der Waals surface area contributed by atoms with Gasteiger partial charge in [0.05, 0.1) is 0 Å². The van der Waals surface area contributed by atoms with Gasteiger partial charge in [-0.1, -0.05) is 13.3 Å². The highest BCUT2D eigenvalue weighted by atomic mass is 79.9. The SMILES string of the molecule is CCCNC(Cc1cncc(Br)c1)C1CCC1. The van der Waals surface area contributed by atoms with Gasteiger partial charge in [-0.3, -0.25) is 4.98 Å². The third-order valence-electron chi connectivity index (χ3n) is 3.59. The summed E-state index contributed by atoms with van der Waals surface area (Å²) in [6.07, 6.45) is 10.3. The van der Waals surface area contributed by atoms with Crippen LogP contribution < -0.4 is 5.32 Å². The smallest absolute Gasteiger partial charge is 0.0410 e. The number of hydrogen-bond donors (Lipinski definition) is 1. The predicted octanol–water partition coefficient (Wildman–Crippen LogP) is 3.55. The van der Waals surface area contributed by atoms with Crippen LogP contribution in [0.3, 0.4) is 0 Å². The van der Waals surface area contributed by atoms with Gasteiger partial charge in [0, 0.05) is 22.9 Å². The minimum Gasteiger partial charge on any atom is -0.313 e. The van der Waals surface area contributed by atoms with Gasteiger partial charge in [0.15, 0.2) is 0 Å². The second-order valence-electron chi connectivity index (χ2n) is 4.97. The topological polar surface area (TPSA) is 24.9 Å². The number of halogens is 1. The van der Waals surface area contributed by atoms with Crippen LogP contribution in [0.4, 0.5) is 0 Å². The molecule has 0 aliphatic heterocycles. The maximum absolute atomic E-state index is 4.25. The van der Waals surface area contributed by atoms with E-state index in [1.165, 1.54) is 31.2 Å². The van der Waals surface area contributed by atoms with Crippen LogP contribution in [0.15, 0.2) is 22.9 Å². The summed E-state index contributed by atoms with van der Waals surface area (Å²) in [5.41, 5.74) is 1.33. The van der Waals surface area contributed by atoms with Crippen molar-refractivity contribution >= 4 is 15.9 Å². The van der Waals surface area contributed by atoms with Crippen LogP contribution in [0.2, 0.25) is 0 Å². The van der Waals surface area contributed by atoms with E-state index in [1.807, 2.05) is 12.4 Å². The predicted molar refractivity (Wildman–Crippen MR) is 75.1 cm³/mol. The molecule has 0 spiro atoms. The van der Waals surface area contributed by atoms with E-state index < -0.39 is 0 Å². The summed E-state index contributed by atoms with van der Waals surface area (Å²) in [6, 6.07) is 2.83. The van der Waals surface area contributed by atoms with E-state index in [1.54, 1.807) is 0 Å². The molecule has 1 aromatic heterocycles. The average Bonchev–Trinajstić information content (AvgIpc) is 2.23. The normalized spacial score (nSPS) is 17.8. The van der Waals surface area contributed by atoms with Crippen molar-refractivity contribution in [1.29, 1.82) is 0 Å². The summed E-state index contributed by atoms with van der Waals surface area (Å²) < 4.78 is 1.08. The number of pyridine rings is 1. The largest absolute Gasteiger partial charge is 0.313 e. The van der Waals surface area contributed by atoms with Crippen molar-refractivity contribution in [1.82, 2.24) is 10.3 Å². The number of nitrogens with zero attached hydrogens (tertiary/aromatic N) is 1. The maximum Gasteiger partial charge on any atom is 0.0410 e. The van der Waals surface area contributed by atoms with Gasteiger partial charge in [-0.25, -0.2) is 0 Å². The van der Waals surface area contributed by atoms with Gasteiger partial charge in [0.25, 0.3) is 0 Å². The summed E-state index contributed by atoms with van der Waals surface area (Å²) >= 11 is 3.49. The van der Waals surface area contributed by atoms with Gasteiger partial charge in [-0.2, -0.15) is 0 Å². The molecule has 0 radical (unpaired) electrons. The highest BCUT2D eigenvalue weighted by Crippen LogP contribution is 2.31. The van der Waals surface area contributed by atoms with Crippen LogP contribution in [0, 0.1) is 5.92 Å². The summed E-state index contributed by atoms with van der Waals surface area (Å²) in [4.78, 5) is 4.25. The molecule has 17 heavy (non-hydrogen) atoms. The van der Waals surface area contributed by atoms with Gasteiger partial charge in [-0.05, 0) is 65.7 Å². The summed E-state index contributed by atoms with van der Waals surface area (Å²) in [7, 11) is 0. The molecule has 2 nitrogen and oxygen atoms in total. The van der Waals surface area contributed by atoms with Gasteiger partial charge < -0.3 is 5.32 Å². The number of aromatic nitrogens is 1. The fourth-order valence-corrected chi connectivity index (χ4v) is 2.81. The van der Waals surface area contributed by atoms with Crippen LogP contribution in [0.25, 0.3) is 0 Å². The number of nitrogens with one attached hydrogen (secondary N) is 1. The summed E-state index contributed by atoms with van der Waals surface area (Å²) in [6.45, 7) is 3.36. The Morgan fingerprint density at radius 1 is 1.47 bits per heavy atom. The zero-order chi connectivity index (χ0) is 12.1. The van der Waals surface area contributed by atoms with Crippen molar-refractivity contribution in [2.45, 2.75) is 45.1 Å². The summed E-state index contributed by atoms with van der Waals surface area (Å²) in [5.74, 6) is 0.875. The monoisotopic (exact) mass is 296 g/mol. The van der Waals surface area contributed by atoms with Gasteiger partial charge in [0.2, 0.25) is 0 Å². The van der Waals surface area contributed by atoms with Crippen LogP contribution in [0.5, 0.6) is 0 Å². The first kappa shape index (κ1) is 13.0. The highest BCUT2D eigenvalue weighted by Gasteiger charge is 2.26. The lowest BCUT2D eigenvalue weighted by atomic mass is 9.77. The number of rotatable bonds is 6. The minimum atomic E-state index is 0.639. The van der Waals surface area contributed by atoms with Crippen molar-refractivity contribution in [2.24, 2.45) is 5.92 Å². The Balaban J connectivity index is 1.95. The molecule has 3 heteroatoms. The molecular weight excluding hydrogens is 276 g/mol. The van der Waals surface area contributed by atoms with E-state index in [0.29, 0.717) is 6.04 Å². The molecular formula is C14H21BrN2. The first-order chi connectivity index (χ1) is 8.29. The zero-order valence-corrected chi connectivity index (χ0v) is 12.0. The fraction of sp³-hybridized carbons (Fsp3) is 0.643. The highest BCUT2D eigenvalue weighted by molar-refractivity contribution is 9.10. The lowest BCUT2D eigenvalue weighted by molar-refractivity contribution is 0.227. The van der Waals surface area contributed by atoms with E-state index in [2.05, 4.69) is 39.2 Å². The Morgan fingerprint density at radius 3 is 2.88 bits per heavy atom. The molecule has 94 valence electrons. The van der Waals surface area contributed by atoms with Crippen molar-refractivity contribution < 1.29 is 0 Å². The molecule has 0 bridgehead atoms. The molecule has 0 saturated heterocycles.